The standard InChI is InChI=1S/C19H35N3O2/c1-16(2)22-13-8-18(19(22)23)21-11-6-17(7-12-21)24-15-14-20-9-4-3-5-10-20/h16-18H,3-15H2,1-2H3/t18-/m1/s1. The van der Waals surface area contributed by atoms with E-state index in [4.69, 9.17) is 4.74 Å². The third kappa shape index (κ3) is 4.50. The highest BCUT2D eigenvalue weighted by Crippen LogP contribution is 2.24. The molecule has 3 heterocycles. The van der Waals surface area contributed by atoms with Crippen molar-refractivity contribution in [1.29, 1.82) is 0 Å². The van der Waals surface area contributed by atoms with Crippen molar-refractivity contribution in [2.45, 2.75) is 70.6 Å². The van der Waals surface area contributed by atoms with Crippen LogP contribution in [0.2, 0.25) is 0 Å². The molecule has 0 saturated carbocycles. The zero-order valence-electron chi connectivity index (χ0n) is 15.6. The van der Waals surface area contributed by atoms with E-state index in [1.54, 1.807) is 0 Å². The minimum Gasteiger partial charge on any atom is -0.377 e. The van der Waals surface area contributed by atoms with Crippen LogP contribution in [-0.4, -0.2) is 84.7 Å². The first-order chi connectivity index (χ1) is 11.6. The smallest absolute Gasteiger partial charge is 0.240 e. The Morgan fingerprint density at radius 2 is 1.71 bits per heavy atom. The molecule has 0 aromatic carbocycles. The first-order valence-corrected chi connectivity index (χ1v) is 10.0. The van der Waals surface area contributed by atoms with E-state index < -0.39 is 0 Å². The van der Waals surface area contributed by atoms with Crippen LogP contribution in [-0.2, 0) is 9.53 Å². The molecule has 3 rings (SSSR count). The highest BCUT2D eigenvalue weighted by atomic mass is 16.5. The molecule has 138 valence electrons. The summed E-state index contributed by atoms with van der Waals surface area (Å²) in [7, 11) is 0. The number of amides is 1. The van der Waals surface area contributed by atoms with Gasteiger partial charge in [0.05, 0.1) is 18.8 Å². The molecule has 0 aromatic rings. The van der Waals surface area contributed by atoms with Crippen LogP contribution in [0.25, 0.3) is 0 Å². The van der Waals surface area contributed by atoms with Gasteiger partial charge in [0.25, 0.3) is 0 Å². The molecule has 5 nitrogen and oxygen atoms in total. The summed E-state index contributed by atoms with van der Waals surface area (Å²) in [6, 6.07) is 0.458. The first-order valence-electron chi connectivity index (χ1n) is 10.0. The molecule has 0 spiro atoms. The van der Waals surface area contributed by atoms with Gasteiger partial charge in [0.15, 0.2) is 0 Å². The Hall–Kier alpha value is -0.650. The number of likely N-dealkylation sites (tertiary alicyclic amines) is 3. The quantitative estimate of drug-likeness (QED) is 0.742. The lowest BCUT2D eigenvalue weighted by molar-refractivity contribution is -0.134. The summed E-state index contributed by atoms with van der Waals surface area (Å²) in [6.07, 6.45) is 7.63. The van der Waals surface area contributed by atoms with Crippen LogP contribution in [0.4, 0.5) is 0 Å². The van der Waals surface area contributed by atoms with Crippen molar-refractivity contribution >= 4 is 5.91 Å². The van der Waals surface area contributed by atoms with Crippen molar-refractivity contribution < 1.29 is 9.53 Å². The van der Waals surface area contributed by atoms with Gasteiger partial charge in [-0.2, -0.15) is 0 Å². The normalized spacial score (nSPS) is 28.2. The largest absolute Gasteiger partial charge is 0.377 e. The first kappa shape index (κ1) is 18.2. The molecule has 3 aliphatic rings. The monoisotopic (exact) mass is 337 g/mol. The van der Waals surface area contributed by atoms with Crippen LogP contribution >= 0.6 is 0 Å². The maximum absolute atomic E-state index is 12.5. The van der Waals surface area contributed by atoms with E-state index in [0.717, 1.165) is 52.0 Å². The SMILES string of the molecule is CC(C)N1CC[C@@H](N2CCC(OCCN3CCCCC3)CC2)C1=O. The number of nitrogens with zero attached hydrogens (tertiary/aromatic N) is 3. The number of rotatable bonds is 6. The van der Waals surface area contributed by atoms with E-state index in [9.17, 15) is 4.79 Å². The summed E-state index contributed by atoms with van der Waals surface area (Å²) >= 11 is 0. The Labute approximate surface area is 147 Å². The number of hydrogen-bond donors (Lipinski definition) is 0. The van der Waals surface area contributed by atoms with Crippen molar-refractivity contribution in [3.63, 3.8) is 0 Å². The third-order valence-electron chi connectivity index (χ3n) is 5.96. The molecule has 0 N–H and O–H groups in total. The van der Waals surface area contributed by atoms with Gasteiger partial charge in [0, 0.05) is 32.2 Å². The molecule has 0 unspecified atom stereocenters. The van der Waals surface area contributed by atoms with Crippen LogP contribution in [0.3, 0.4) is 0 Å². The Morgan fingerprint density at radius 3 is 2.33 bits per heavy atom. The molecule has 1 amide bonds. The van der Waals surface area contributed by atoms with E-state index in [0.29, 0.717) is 18.1 Å². The third-order valence-corrected chi connectivity index (χ3v) is 5.96. The van der Waals surface area contributed by atoms with Crippen molar-refractivity contribution in [3.05, 3.63) is 0 Å². The predicted octanol–water partition coefficient (Wildman–Crippen LogP) is 1.96. The lowest BCUT2D eigenvalue weighted by Crippen LogP contribution is -2.48. The van der Waals surface area contributed by atoms with Crippen LogP contribution in [0.15, 0.2) is 0 Å². The Morgan fingerprint density at radius 1 is 1.00 bits per heavy atom. The maximum Gasteiger partial charge on any atom is 0.240 e. The minimum absolute atomic E-state index is 0.127. The van der Waals surface area contributed by atoms with E-state index in [2.05, 4.69) is 23.6 Å². The molecule has 3 aliphatic heterocycles. The second-order valence-corrected chi connectivity index (χ2v) is 7.94. The summed E-state index contributed by atoms with van der Waals surface area (Å²) < 4.78 is 6.12. The average molecular weight is 338 g/mol. The van der Waals surface area contributed by atoms with Gasteiger partial charge < -0.3 is 14.5 Å². The molecular weight excluding hydrogens is 302 g/mol. The molecule has 0 radical (unpaired) electrons. The molecule has 5 heteroatoms. The molecule has 0 aromatic heterocycles. The van der Waals surface area contributed by atoms with Gasteiger partial charge in [-0.15, -0.1) is 0 Å². The fourth-order valence-electron chi connectivity index (χ4n) is 4.42. The molecule has 3 saturated heterocycles. The minimum atomic E-state index is 0.127. The fraction of sp³-hybridized carbons (Fsp3) is 0.947. The number of carbonyl (C=O) groups excluding carboxylic acids is 1. The molecule has 0 bridgehead atoms. The zero-order valence-corrected chi connectivity index (χ0v) is 15.6. The summed E-state index contributed by atoms with van der Waals surface area (Å²) in [4.78, 5) is 19.5. The highest BCUT2D eigenvalue weighted by molar-refractivity contribution is 5.84. The lowest BCUT2D eigenvalue weighted by Gasteiger charge is -2.35. The van der Waals surface area contributed by atoms with Crippen LogP contribution in [0, 0.1) is 0 Å². The van der Waals surface area contributed by atoms with Crippen LogP contribution in [0.5, 0.6) is 0 Å². The van der Waals surface area contributed by atoms with E-state index in [-0.39, 0.29) is 6.04 Å². The molecule has 24 heavy (non-hydrogen) atoms. The summed E-state index contributed by atoms with van der Waals surface area (Å²) in [5.41, 5.74) is 0. The number of piperidine rings is 2. The van der Waals surface area contributed by atoms with Gasteiger partial charge in [0.1, 0.15) is 0 Å². The molecule has 0 aliphatic carbocycles. The Bertz CT molecular complexity index is 401. The van der Waals surface area contributed by atoms with Gasteiger partial charge in [-0.25, -0.2) is 0 Å². The van der Waals surface area contributed by atoms with Gasteiger partial charge in [-0.3, -0.25) is 9.69 Å². The van der Waals surface area contributed by atoms with Gasteiger partial charge in [-0.05, 0) is 59.0 Å². The lowest BCUT2D eigenvalue weighted by atomic mass is 10.0. The number of ether oxygens (including phenoxy) is 1. The molecular formula is C19H35N3O2. The molecule has 3 fully saturated rings. The second-order valence-electron chi connectivity index (χ2n) is 7.94. The van der Waals surface area contributed by atoms with E-state index in [1.165, 1.54) is 32.4 Å². The second kappa shape index (κ2) is 8.63. The van der Waals surface area contributed by atoms with Gasteiger partial charge >= 0.3 is 0 Å². The maximum atomic E-state index is 12.5. The summed E-state index contributed by atoms with van der Waals surface area (Å²) in [6.45, 7) is 11.6. The Balaban J connectivity index is 1.34. The molecule has 1 atom stereocenters. The van der Waals surface area contributed by atoms with E-state index >= 15 is 0 Å². The van der Waals surface area contributed by atoms with Crippen molar-refractivity contribution in [2.24, 2.45) is 0 Å². The number of hydrogen-bond acceptors (Lipinski definition) is 4. The van der Waals surface area contributed by atoms with Gasteiger partial charge in [0.2, 0.25) is 5.91 Å². The zero-order chi connectivity index (χ0) is 16.9. The van der Waals surface area contributed by atoms with Crippen molar-refractivity contribution in [2.75, 3.05) is 45.9 Å². The fourth-order valence-corrected chi connectivity index (χ4v) is 4.42. The van der Waals surface area contributed by atoms with Crippen molar-refractivity contribution in [1.82, 2.24) is 14.7 Å². The van der Waals surface area contributed by atoms with Crippen LogP contribution < -0.4 is 0 Å². The Kier molecular flexibility index (Phi) is 6.53. The number of carbonyl (C=O) groups is 1. The predicted molar refractivity (Wildman–Crippen MR) is 96.1 cm³/mol. The summed E-state index contributed by atoms with van der Waals surface area (Å²) in [5.74, 6) is 0.342. The van der Waals surface area contributed by atoms with Crippen LogP contribution in [0.1, 0.15) is 52.4 Å². The average Bonchev–Trinajstić information content (AvgIpc) is 2.98. The van der Waals surface area contributed by atoms with Crippen molar-refractivity contribution in [3.8, 4) is 0 Å². The van der Waals surface area contributed by atoms with E-state index in [1.807, 2.05) is 4.90 Å². The highest BCUT2D eigenvalue weighted by Gasteiger charge is 2.38. The van der Waals surface area contributed by atoms with Gasteiger partial charge in [-0.1, -0.05) is 6.42 Å². The topological polar surface area (TPSA) is 36.0 Å². The summed E-state index contributed by atoms with van der Waals surface area (Å²) in [5, 5.41) is 0.